The molecule has 1 aromatic heterocycles. The zero-order valence-electron chi connectivity index (χ0n) is 14.9. The maximum Gasteiger partial charge on any atom is 0.410 e. The summed E-state index contributed by atoms with van der Waals surface area (Å²) in [5.74, 6) is 0.189. The van der Waals surface area contributed by atoms with Gasteiger partial charge in [-0.2, -0.15) is 0 Å². The molecule has 3 atom stereocenters. The highest BCUT2D eigenvalue weighted by atomic mass is 16.6. The van der Waals surface area contributed by atoms with Crippen molar-refractivity contribution >= 4 is 23.2 Å². The monoisotopic (exact) mass is 359 g/mol. The zero-order valence-corrected chi connectivity index (χ0v) is 14.9. The number of aromatic nitrogens is 1. The number of rotatable bonds is 3. The summed E-state index contributed by atoms with van der Waals surface area (Å²) >= 11 is 0. The molecule has 2 aromatic carbocycles. The Bertz CT molecular complexity index is 995. The largest absolute Gasteiger partial charge is 0.445 e. The molecular formula is C22H21N3O2. The molecule has 3 heterocycles. The van der Waals surface area contributed by atoms with E-state index in [0.717, 1.165) is 17.5 Å². The number of aromatic amines is 1. The highest BCUT2D eigenvalue weighted by Gasteiger charge is 2.47. The molecule has 5 heteroatoms. The number of hydrogen-bond acceptors (Lipinski definition) is 3. The van der Waals surface area contributed by atoms with Gasteiger partial charge in [-0.3, -0.25) is 4.99 Å². The number of hydrogen-bond donors (Lipinski definition) is 1. The third-order valence-corrected chi connectivity index (χ3v) is 5.69. The minimum Gasteiger partial charge on any atom is -0.445 e. The van der Waals surface area contributed by atoms with Gasteiger partial charge in [-0.25, -0.2) is 4.79 Å². The first-order chi connectivity index (χ1) is 13.3. The average molecular weight is 359 g/mol. The van der Waals surface area contributed by atoms with Gasteiger partial charge < -0.3 is 14.6 Å². The van der Waals surface area contributed by atoms with Gasteiger partial charge in [-0.05, 0) is 17.2 Å². The van der Waals surface area contributed by atoms with Crippen molar-refractivity contribution < 1.29 is 9.53 Å². The lowest BCUT2D eigenvalue weighted by Gasteiger charge is -2.22. The molecule has 136 valence electrons. The average Bonchev–Trinajstić information content (AvgIpc) is 3.42. The van der Waals surface area contributed by atoms with Crippen molar-refractivity contribution in [2.45, 2.75) is 31.0 Å². The lowest BCUT2D eigenvalue weighted by Crippen LogP contribution is -2.37. The lowest BCUT2D eigenvalue weighted by atomic mass is 9.92. The number of likely N-dealkylation sites (tertiary alicyclic amines) is 1. The van der Waals surface area contributed by atoms with Crippen molar-refractivity contribution in [2.24, 2.45) is 4.99 Å². The Morgan fingerprint density at radius 1 is 1.15 bits per heavy atom. The molecule has 0 radical (unpaired) electrons. The zero-order chi connectivity index (χ0) is 18.2. The Morgan fingerprint density at radius 2 is 1.96 bits per heavy atom. The summed E-state index contributed by atoms with van der Waals surface area (Å²) in [4.78, 5) is 22.7. The van der Waals surface area contributed by atoms with Crippen LogP contribution in [0.4, 0.5) is 4.79 Å². The van der Waals surface area contributed by atoms with Crippen molar-refractivity contribution in [3.05, 3.63) is 71.9 Å². The Hall–Kier alpha value is -3.08. The highest BCUT2D eigenvalue weighted by molar-refractivity contribution is 5.84. The van der Waals surface area contributed by atoms with E-state index >= 15 is 0 Å². The molecule has 5 nitrogen and oxygen atoms in total. The van der Waals surface area contributed by atoms with Gasteiger partial charge in [0.1, 0.15) is 6.61 Å². The highest BCUT2D eigenvalue weighted by Crippen LogP contribution is 2.40. The van der Waals surface area contributed by atoms with Gasteiger partial charge in [-0.1, -0.05) is 48.5 Å². The van der Waals surface area contributed by atoms with Gasteiger partial charge in [0.25, 0.3) is 0 Å². The molecule has 0 spiro atoms. The third kappa shape index (κ3) is 2.79. The van der Waals surface area contributed by atoms with Crippen LogP contribution in [0.15, 0.2) is 65.8 Å². The van der Waals surface area contributed by atoms with E-state index in [-0.39, 0.29) is 24.1 Å². The van der Waals surface area contributed by atoms with Crippen LogP contribution >= 0.6 is 0 Å². The molecule has 27 heavy (non-hydrogen) atoms. The fourth-order valence-corrected chi connectivity index (χ4v) is 4.36. The summed E-state index contributed by atoms with van der Waals surface area (Å²) in [5, 5.41) is 1.21. The molecule has 3 aromatic rings. The Kier molecular flexibility index (Phi) is 3.93. The molecular weight excluding hydrogens is 338 g/mol. The van der Waals surface area contributed by atoms with Crippen LogP contribution in [-0.4, -0.2) is 40.8 Å². The van der Waals surface area contributed by atoms with E-state index in [4.69, 9.17) is 9.73 Å². The molecule has 1 amide bonds. The van der Waals surface area contributed by atoms with Crippen LogP contribution in [0.5, 0.6) is 0 Å². The predicted molar refractivity (Wildman–Crippen MR) is 105 cm³/mol. The van der Waals surface area contributed by atoms with Gasteiger partial charge in [0, 0.05) is 42.2 Å². The van der Waals surface area contributed by atoms with E-state index in [1.54, 1.807) is 0 Å². The number of para-hydroxylation sites is 1. The number of aliphatic imine (C=N–C) groups is 1. The summed E-state index contributed by atoms with van der Waals surface area (Å²) < 4.78 is 5.60. The van der Waals surface area contributed by atoms with E-state index in [1.807, 2.05) is 47.5 Å². The molecule has 1 N–H and O–H groups in total. The van der Waals surface area contributed by atoms with E-state index in [9.17, 15) is 4.79 Å². The van der Waals surface area contributed by atoms with Gasteiger partial charge in [-0.15, -0.1) is 0 Å². The molecule has 2 aliphatic heterocycles. The fourth-order valence-electron chi connectivity index (χ4n) is 4.36. The van der Waals surface area contributed by atoms with E-state index in [2.05, 4.69) is 29.4 Å². The molecule has 0 saturated carbocycles. The van der Waals surface area contributed by atoms with Crippen LogP contribution in [0.25, 0.3) is 10.9 Å². The van der Waals surface area contributed by atoms with Crippen molar-refractivity contribution in [3.63, 3.8) is 0 Å². The molecule has 1 saturated heterocycles. The second-order valence-corrected chi connectivity index (χ2v) is 7.21. The quantitative estimate of drug-likeness (QED) is 0.765. The minimum atomic E-state index is -0.248. The fraction of sp³-hybridized carbons (Fsp3) is 0.273. The molecule has 5 rings (SSSR count). The van der Waals surface area contributed by atoms with E-state index in [1.165, 1.54) is 10.9 Å². The number of carbonyl (C=O) groups is 1. The Balaban J connectivity index is 1.37. The summed E-state index contributed by atoms with van der Waals surface area (Å²) in [6.07, 6.45) is 4.57. The predicted octanol–water partition coefficient (Wildman–Crippen LogP) is 4.12. The molecule has 2 aliphatic rings. The third-order valence-electron chi connectivity index (χ3n) is 5.69. The van der Waals surface area contributed by atoms with Crippen molar-refractivity contribution in [1.29, 1.82) is 0 Å². The number of H-pyrrole nitrogens is 1. The Morgan fingerprint density at radius 3 is 2.85 bits per heavy atom. The summed E-state index contributed by atoms with van der Waals surface area (Å²) in [7, 11) is 0. The smallest absolute Gasteiger partial charge is 0.410 e. The first-order valence-corrected chi connectivity index (χ1v) is 9.36. The minimum absolute atomic E-state index is 0.0898. The molecule has 1 fully saturated rings. The van der Waals surface area contributed by atoms with Crippen LogP contribution in [0, 0.1) is 0 Å². The van der Waals surface area contributed by atoms with Gasteiger partial charge in [0.15, 0.2) is 0 Å². The first kappa shape index (κ1) is 16.1. The van der Waals surface area contributed by atoms with Gasteiger partial charge in [0.2, 0.25) is 0 Å². The number of nitrogens with one attached hydrogen (secondary N) is 1. The van der Waals surface area contributed by atoms with E-state index in [0.29, 0.717) is 13.2 Å². The number of ether oxygens (including phenoxy) is 1. The molecule has 0 aliphatic carbocycles. The summed E-state index contributed by atoms with van der Waals surface area (Å²) in [6, 6.07) is 18.3. The molecule has 0 bridgehead atoms. The number of benzene rings is 2. The Labute approximate surface area is 157 Å². The second kappa shape index (κ2) is 6.58. The number of carbonyl (C=O) groups excluding carboxylic acids is 1. The van der Waals surface area contributed by atoms with Crippen molar-refractivity contribution in [3.8, 4) is 0 Å². The van der Waals surface area contributed by atoms with Gasteiger partial charge in [0.05, 0.1) is 12.1 Å². The maximum absolute atomic E-state index is 12.8. The topological polar surface area (TPSA) is 57.7 Å². The van der Waals surface area contributed by atoms with Crippen molar-refractivity contribution in [2.75, 3.05) is 6.54 Å². The maximum atomic E-state index is 12.8. The number of fused-ring (bicyclic) bond motifs is 2. The number of nitrogens with zero attached hydrogens (tertiary/aromatic N) is 2. The van der Waals surface area contributed by atoms with E-state index < -0.39 is 0 Å². The van der Waals surface area contributed by atoms with Crippen LogP contribution in [0.3, 0.4) is 0 Å². The van der Waals surface area contributed by atoms with Crippen LogP contribution < -0.4 is 0 Å². The lowest BCUT2D eigenvalue weighted by molar-refractivity contribution is 0.0926. The molecule has 0 unspecified atom stereocenters. The van der Waals surface area contributed by atoms with Crippen molar-refractivity contribution in [1.82, 2.24) is 9.88 Å². The van der Waals surface area contributed by atoms with Gasteiger partial charge >= 0.3 is 6.09 Å². The van der Waals surface area contributed by atoms with Crippen LogP contribution in [-0.2, 0) is 11.3 Å². The normalized spacial score (nSPS) is 23.7. The second-order valence-electron chi connectivity index (χ2n) is 7.21. The summed E-state index contributed by atoms with van der Waals surface area (Å²) in [6.45, 7) is 0.939. The van der Waals surface area contributed by atoms with Crippen LogP contribution in [0.2, 0.25) is 0 Å². The van der Waals surface area contributed by atoms with Crippen LogP contribution in [0.1, 0.15) is 23.5 Å². The summed E-state index contributed by atoms with van der Waals surface area (Å²) in [5.41, 5.74) is 3.35. The number of amides is 1. The first-order valence-electron chi connectivity index (χ1n) is 9.36. The standard InChI is InChI=1S/C22H21N3O2/c26-22(27-14-15-6-2-1-3-7-15)25-13-18(21-20(25)10-11-23-21)17-12-24-19-9-5-4-8-16(17)19/h1-9,11-12,18,20-21,24H,10,13-14H2/t18-,20-,21-/m1/s1. The SMILES string of the molecule is O=C(OCc1ccccc1)N1C[C@H](c2c[nH]c3ccccc23)[C@H]2N=CC[C@H]21.